The summed E-state index contributed by atoms with van der Waals surface area (Å²) in [5.74, 6) is 0.779. The third-order valence-electron chi connectivity index (χ3n) is 6.93. The highest BCUT2D eigenvalue weighted by Gasteiger charge is 2.24. The summed E-state index contributed by atoms with van der Waals surface area (Å²) in [4.78, 5) is 40.8. The molecule has 1 aliphatic rings. The number of hydrogen-bond donors (Lipinski definition) is 3. The Morgan fingerprint density at radius 2 is 1.70 bits per heavy atom. The van der Waals surface area contributed by atoms with Crippen molar-refractivity contribution in [1.82, 2.24) is 19.9 Å². The van der Waals surface area contributed by atoms with Crippen molar-refractivity contribution in [2.45, 2.75) is 0 Å². The van der Waals surface area contributed by atoms with Crippen molar-refractivity contribution in [2.24, 2.45) is 0 Å². The number of hydrogen-bond acceptors (Lipinski definition) is 6. The van der Waals surface area contributed by atoms with E-state index < -0.39 is 0 Å². The molecule has 3 heterocycles. The summed E-state index contributed by atoms with van der Waals surface area (Å²) in [7, 11) is 1.65. The third kappa shape index (κ3) is 4.04. The van der Waals surface area contributed by atoms with E-state index in [0.717, 1.165) is 30.0 Å². The molecule has 0 atom stereocenters. The van der Waals surface area contributed by atoms with Crippen LogP contribution in [0.1, 0.15) is 10.4 Å². The van der Waals surface area contributed by atoms with Gasteiger partial charge in [0.2, 0.25) is 0 Å². The highest BCUT2D eigenvalue weighted by molar-refractivity contribution is 6.04. The quantitative estimate of drug-likeness (QED) is 0.351. The van der Waals surface area contributed by atoms with Crippen LogP contribution in [0.3, 0.4) is 0 Å². The number of benzene rings is 3. The first-order chi connectivity index (χ1) is 18.0. The molecule has 0 aliphatic carbocycles. The first-order valence-corrected chi connectivity index (χ1v) is 12.1. The van der Waals surface area contributed by atoms with Crippen molar-refractivity contribution >= 4 is 39.2 Å². The lowest BCUT2D eigenvalue weighted by Gasteiger charge is -2.36. The summed E-state index contributed by atoms with van der Waals surface area (Å²) in [6.45, 7) is 2.72. The van der Waals surface area contributed by atoms with Crippen LogP contribution in [0.15, 0.2) is 71.5 Å². The van der Waals surface area contributed by atoms with Gasteiger partial charge in [-0.15, -0.1) is 0 Å². The third-order valence-corrected chi connectivity index (χ3v) is 6.93. The van der Waals surface area contributed by atoms with E-state index in [4.69, 9.17) is 10.5 Å². The van der Waals surface area contributed by atoms with Gasteiger partial charge < -0.3 is 30.2 Å². The number of piperazine rings is 1. The zero-order valence-electron chi connectivity index (χ0n) is 20.3. The zero-order valence-corrected chi connectivity index (χ0v) is 20.3. The van der Waals surface area contributed by atoms with Crippen molar-refractivity contribution in [3.05, 3.63) is 82.6 Å². The largest absolute Gasteiger partial charge is 0.497 e. The second-order valence-corrected chi connectivity index (χ2v) is 9.08. The highest BCUT2D eigenvalue weighted by atomic mass is 16.5. The van der Waals surface area contributed by atoms with E-state index in [-0.39, 0.29) is 17.2 Å². The number of amides is 1. The number of nitrogens with one attached hydrogen (secondary N) is 2. The van der Waals surface area contributed by atoms with Crippen molar-refractivity contribution < 1.29 is 9.53 Å². The average molecular weight is 495 g/mol. The maximum Gasteiger partial charge on any atom is 0.276 e. The molecule has 4 N–H and O–H groups in total. The molecular weight excluding hydrogens is 468 g/mol. The Hall–Kier alpha value is -4.79. The summed E-state index contributed by atoms with van der Waals surface area (Å²) in [6.07, 6.45) is 0. The molecule has 0 saturated carbocycles. The molecule has 0 unspecified atom stereocenters. The van der Waals surface area contributed by atoms with Crippen molar-refractivity contribution in [3.63, 3.8) is 0 Å². The standard InChI is InChI=1S/C28H26N6O3/c1-37-19-9-7-18(8-10-19)33-12-14-34(15-13-33)28(36)17-6-11-21-20(16-17)24(29)25(30-21)26-27(35)32-23-5-3-2-4-22(23)31-26/h2-11,16,30H,12-15,29H2,1H3,(H,32,35). The number of nitrogen functional groups attached to an aromatic ring is 1. The molecule has 9 nitrogen and oxygen atoms in total. The summed E-state index contributed by atoms with van der Waals surface area (Å²) in [6, 6.07) is 20.7. The van der Waals surface area contributed by atoms with Crippen LogP contribution in [0.25, 0.3) is 33.3 Å². The molecule has 1 aliphatic heterocycles. The van der Waals surface area contributed by atoms with Crippen molar-refractivity contribution in [1.29, 1.82) is 0 Å². The second kappa shape index (κ2) is 9.02. The minimum atomic E-state index is -0.331. The van der Waals surface area contributed by atoms with Gasteiger partial charge >= 0.3 is 0 Å². The Kier molecular flexibility index (Phi) is 5.52. The summed E-state index contributed by atoms with van der Waals surface area (Å²) < 4.78 is 5.24. The average Bonchev–Trinajstić information content (AvgIpc) is 3.27. The van der Waals surface area contributed by atoms with Gasteiger partial charge in [0.1, 0.15) is 5.75 Å². The highest BCUT2D eigenvalue weighted by Crippen LogP contribution is 2.32. The maximum atomic E-state index is 13.3. The van der Waals surface area contributed by atoms with Gasteiger partial charge in [0.05, 0.1) is 29.5 Å². The van der Waals surface area contributed by atoms with Crippen LogP contribution in [-0.2, 0) is 0 Å². The Balaban J connectivity index is 1.24. The van der Waals surface area contributed by atoms with E-state index in [2.05, 4.69) is 19.9 Å². The van der Waals surface area contributed by atoms with Gasteiger partial charge in [0, 0.05) is 48.3 Å². The van der Waals surface area contributed by atoms with Gasteiger partial charge in [-0.2, -0.15) is 0 Å². The number of carbonyl (C=O) groups is 1. The van der Waals surface area contributed by atoms with E-state index in [9.17, 15) is 9.59 Å². The number of carbonyl (C=O) groups excluding carboxylic acids is 1. The molecule has 1 fully saturated rings. The van der Waals surface area contributed by atoms with E-state index >= 15 is 0 Å². The van der Waals surface area contributed by atoms with Gasteiger partial charge in [-0.25, -0.2) is 4.98 Å². The lowest BCUT2D eigenvalue weighted by Crippen LogP contribution is -2.48. The second-order valence-electron chi connectivity index (χ2n) is 9.08. The summed E-state index contributed by atoms with van der Waals surface area (Å²) in [5.41, 5.74) is 10.9. The minimum absolute atomic E-state index is 0.0416. The van der Waals surface area contributed by atoms with Crippen LogP contribution in [0.5, 0.6) is 5.75 Å². The topological polar surface area (TPSA) is 120 Å². The summed E-state index contributed by atoms with van der Waals surface area (Å²) in [5, 5.41) is 0.687. The smallest absolute Gasteiger partial charge is 0.276 e. The monoisotopic (exact) mass is 494 g/mol. The van der Waals surface area contributed by atoms with Crippen LogP contribution >= 0.6 is 0 Å². The number of aromatic nitrogens is 3. The summed E-state index contributed by atoms with van der Waals surface area (Å²) >= 11 is 0. The first-order valence-electron chi connectivity index (χ1n) is 12.1. The number of aromatic amines is 2. The first kappa shape index (κ1) is 22.7. The molecule has 1 saturated heterocycles. The predicted octanol–water partition coefficient (Wildman–Crippen LogP) is 3.62. The van der Waals surface area contributed by atoms with Crippen LogP contribution in [0.4, 0.5) is 11.4 Å². The fourth-order valence-corrected chi connectivity index (χ4v) is 4.87. The van der Waals surface area contributed by atoms with Gasteiger partial charge in [-0.1, -0.05) is 12.1 Å². The number of H-pyrrole nitrogens is 2. The number of nitrogens with zero attached hydrogens (tertiary/aromatic N) is 3. The Labute approximate surface area is 212 Å². The molecule has 0 spiro atoms. The van der Waals surface area contributed by atoms with Gasteiger partial charge in [0.25, 0.3) is 11.5 Å². The predicted molar refractivity (Wildman–Crippen MR) is 145 cm³/mol. The number of para-hydroxylation sites is 2. The molecule has 0 radical (unpaired) electrons. The molecule has 9 heteroatoms. The molecule has 5 aromatic rings. The molecule has 186 valence electrons. The number of ether oxygens (including phenoxy) is 1. The van der Waals surface area contributed by atoms with Crippen molar-refractivity contribution in [3.8, 4) is 17.1 Å². The number of rotatable bonds is 4. The van der Waals surface area contributed by atoms with Crippen molar-refractivity contribution in [2.75, 3.05) is 43.9 Å². The van der Waals surface area contributed by atoms with E-state index in [1.54, 1.807) is 25.3 Å². The van der Waals surface area contributed by atoms with Crippen LogP contribution in [0, 0.1) is 0 Å². The Morgan fingerprint density at radius 3 is 2.46 bits per heavy atom. The molecule has 3 aromatic carbocycles. The Morgan fingerprint density at radius 1 is 0.946 bits per heavy atom. The van der Waals surface area contributed by atoms with E-state index in [1.807, 2.05) is 53.4 Å². The van der Waals surface area contributed by atoms with Gasteiger partial charge in [-0.05, 0) is 54.6 Å². The molecule has 0 bridgehead atoms. The normalized spacial score (nSPS) is 13.9. The maximum absolute atomic E-state index is 13.3. The number of nitrogens with two attached hydrogens (primary N) is 1. The zero-order chi connectivity index (χ0) is 25.5. The molecule has 2 aromatic heterocycles. The Bertz CT molecular complexity index is 1680. The van der Waals surface area contributed by atoms with Crippen LogP contribution < -0.4 is 20.9 Å². The number of fused-ring (bicyclic) bond motifs is 2. The number of methoxy groups -OCH3 is 1. The van der Waals surface area contributed by atoms with Gasteiger partial charge in [0.15, 0.2) is 5.69 Å². The van der Waals surface area contributed by atoms with Gasteiger partial charge in [-0.3, -0.25) is 9.59 Å². The lowest BCUT2D eigenvalue weighted by molar-refractivity contribution is 0.0747. The lowest BCUT2D eigenvalue weighted by atomic mass is 10.1. The minimum Gasteiger partial charge on any atom is -0.497 e. The van der Waals surface area contributed by atoms with E-state index in [1.165, 1.54) is 0 Å². The SMILES string of the molecule is COc1ccc(N2CCN(C(=O)c3ccc4[nH]c(-c5nc6ccccc6[nH]c5=O)c(N)c4c3)CC2)cc1. The molecule has 37 heavy (non-hydrogen) atoms. The molecule has 6 rings (SSSR count). The molecular formula is C28H26N6O3. The fraction of sp³-hybridized carbons (Fsp3) is 0.179. The van der Waals surface area contributed by atoms with Crippen LogP contribution in [0.2, 0.25) is 0 Å². The molecule has 1 amide bonds. The number of anilines is 2. The fourth-order valence-electron chi connectivity index (χ4n) is 4.87. The van der Waals surface area contributed by atoms with E-state index in [0.29, 0.717) is 46.5 Å². The van der Waals surface area contributed by atoms with Crippen LogP contribution in [-0.4, -0.2) is 59.0 Å².